The number of aryl methyl sites for hydroxylation is 1. The number of nitrogen functional groups attached to an aromatic ring is 1. The van der Waals surface area contributed by atoms with Crippen molar-refractivity contribution in [3.05, 3.63) is 65.6 Å². The monoisotopic (exact) mass is 383 g/mol. The number of nitrogens with two attached hydrogens (primary N) is 2. The summed E-state index contributed by atoms with van der Waals surface area (Å²) in [6.45, 7) is 1.84. The van der Waals surface area contributed by atoms with E-state index in [1.54, 1.807) is 41.0 Å². The van der Waals surface area contributed by atoms with Crippen molar-refractivity contribution < 1.29 is 4.79 Å². The number of amides is 1. The van der Waals surface area contributed by atoms with Crippen LogP contribution in [0.2, 0.25) is 0 Å². The molecule has 0 radical (unpaired) electrons. The zero-order chi connectivity index (χ0) is 20.5. The number of carbonyl (C=O) groups excluding carboxylic acids is 1. The normalized spacial score (nSPS) is 10.8. The topological polar surface area (TPSA) is 136 Å². The largest absolute Gasteiger partial charge is 0.384 e. The molecule has 4 N–H and O–H groups in total. The van der Waals surface area contributed by atoms with E-state index in [0.717, 1.165) is 22.4 Å². The molecule has 0 fully saturated rings. The third-order valence-electron chi connectivity index (χ3n) is 4.42. The number of hydrogen-bond donors (Lipinski definition) is 2. The van der Waals surface area contributed by atoms with Gasteiger partial charge in [-0.3, -0.25) is 9.78 Å². The lowest BCUT2D eigenvalue weighted by Gasteiger charge is -2.08. The molecule has 29 heavy (non-hydrogen) atoms. The molecule has 142 valence electrons. The van der Waals surface area contributed by atoms with Crippen molar-refractivity contribution in [2.45, 2.75) is 13.3 Å². The highest BCUT2D eigenvalue weighted by Gasteiger charge is 2.19. The summed E-state index contributed by atoms with van der Waals surface area (Å²) in [4.78, 5) is 20.3. The Kier molecular flexibility index (Phi) is 4.41. The fraction of sp³-hybridized carbons (Fsp3) is 0.0952. The molecule has 0 aliphatic carbocycles. The summed E-state index contributed by atoms with van der Waals surface area (Å²) in [5.41, 5.74) is 16.6. The number of anilines is 1. The van der Waals surface area contributed by atoms with Crippen molar-refractivity contribution in [1.29, 1.82) is 5.26 Å². The molecule has 0 bridgehead atoms. The third-order valence-corrected chi connectivity index (χ3v) is 4.42. The minimum atomic E-state index is -0.460. The Labute approximate surface area is 166 Å². The van der Waals surface area contributed by atoms with Crippen LogP contribution in [-0.4, -0.2) is 25.5 Å². The molecule has 0 saturated carbocycles. The second-order valence-electron chi connectivity index (χ2n) is 6.67. The fourth-order valence-electron chi connectivity index (χ4n) is 3.30. The van der Waals surface area contributed by atoms with Crippen LogP contribution in [0.5, 0.6) is 0 Å². The first-order valence-corrected chi connectivity index (χ1v) is 8.86. The van der Waals surface area contributed by atoms with Crippen LogP contribution in [0.15, 0.2) is 48.7 Å². The van der Waals surface area contributed by atoms with Crippen molar-refractivity contribution in [3.8, 4) is 28.5 Å². The molecule has 0 saturated heterocycles. The van der Waals surface area contributed by atoms with Gasteiger partial charge in [0.1, 0.15) is 11.5 Å². The highest BCUT2D eigenvalue weighted by molar-refractivity contribution is 5.91. The molecule has 0 aliphatic heterocycles. The van der Waals surface area contributed by atoms with Crippen molar-refractivity contribution in [2.75, 3.05) is 5.73 Å². The Morgan fingerprint density at radius 3 is 2.76 bits per heavy atom. The average Bonchev–Trinajstić information content (AvgIpc) is 3.05. The summed E-state index contributed by atoms with van der Waals surface area (Å²) in [6, 6.07) is 14.7. The maximum absolute atomic E-state index is 11.4. The van der Waals surface area contributed by atoms with Gasteiger partial charge in [-0.25, -0.2) is 9.50 Å². The zero-order valence-electron chi connectivity index (χ0n) is 15.6. The molecule has 0 atom stereocenters. The Morgan fingerprint density at radius 1 is 1.17 bits per heavy atom. The standard InChI is InChI=1S/C21H17N7O/c1-12-7-15(9-16(25-12)10-18(24)29)19-20(14-4-2-3-13(8-14)11-22)27-28-6-5-17(23)26-21(19)28/h2-9H,10H2,1H3,(H2,23,26)(H2,24,29). The van der Waals surface area contributed by atoms with E-state index in [-0.39, 0.29) is 6.42 Å². The van der Waals surface area contributed by atoms with Gasteiger partial charge in [-0.05, 0) is 42.8 Å². The van der Waals surface area contributed by atoms with Gasteiger partial charge in [0, 0.05) is 17.5 Å². The van der Waals surface area contributed by atoms with E-state index in [0.29, 0.717) is 28.4 Å². The van der Waals surface area contributed by atoms with Crippen LogP contribution in [0.1, 0.15) is 17.0 Å². The minimum absolute atomic E-state index is 0.0305. The summed E-state index contributed by atoms with van der Waals surface area (Å²) < 4.78 is 1.64. The molecular formula is C21H17N7O. The van der Waals surface area contributed by atoms with Crippen LogP contribution >= 0.6 is 0 Å². The van der Waals surface area contributed by atoms with E-state index in [4.69, 9.17) is 11.5 Å². The van der Waals surface area contributed by atoms with Crippen molar-refractivity contribution in [1.82, 2.24) is 19.6 Å². The molecule has 8 nitrogen and oxygen atoms in total. The summed E-state index contributed by atoms with van der Waals surface area (Å²) >= 11 is 0. The number of carbonyl (C=O) groups is 1. The van der Waals surface area contributed by atoms with E-state index >= 15 is 0 Å². The maximum atomic E-state index is 11.4. The molecule has 1 amide bonds. The quantitative estimate of drug-likeness (QED) is 0.555. The second kappa shape index (κ2) is 7.05. The van der Waals surface area contributed by atoms with Gasteiger partial charge in [0.15, 0.2) is 5.65 Å². The highest BCUT2D eigenvalue weighted by Crippen LogP contribution is 2.35. The van der Waals surface area contributed by atoms with Crippen LogP contribution in [0, 0.1) is 18.3 Å². The number of aromatic nitrogens is 4. The van der Waals surface area contributed by atoms with E-state index in [2.05, 4.69) is 21.1 Å². The zero-order valence-corrected chi connectivity index (χ0v) is 15.6. The molecule has 0 unspecified atom stereocenters. The molecule has 0 aliphatic rings. The van der Waals surface area contributed by atoms with Crippen LogP contribution in [0.3, 0.4) is 0 Å². The number of fused-ring (bicyclic) bond motifs is 1. The first-order valence-electron chi connectivity index (χ1n) is 8.86. The van der Waals surface area contributed by atoms with Gasteiger partial charge in [-0.1, -0.05) is 12.1 Å². The number of benzene rings is 1. The summed E-state index contributed by atoms with van der Waals surface area (Å²) in [7, 11) is 0. The van der Waals surface area contributed by atoms with Gasteiger partial charge in [0.25, 0.3) is 0 Å². The molecule has 3 heterocycles. The highest BCUT2D eigenvalue weighted by atomic mass is 16.1. The second-order valence-corrected chi connectivity index (χ2v) is 6.67. The molecule has 8 heteroatoms. The van der Waals surface area contributed by atoms with Gasteiger partial charge in [0.2, 0.25) is 5.91 Å². The Hall–Kier alpha value is -4.25. The van der Waals surface area contributed by atoms with Gasteiger partial charge >= 0.3 is 0 Å². The van der Waals surface area contributed by atoms with Gasteiger partial charge in [-0.15, -0.1) is 0 Å². The molecule has 4 aromatic rings. The number of nitriles is 1. The van der Waals surface area contributed by atoms with E-state index < -0.39 is 5.91 Å². The number of hydrogen-bond acceptors (Lipinski definition) is 6. The molecular weight excluding hydrogens is 366 g/mol. The number of pyridine rings is 1. The van der Waals surface area contributed by atoms with Gasteiger partial charge in [0.05, 0.1) is 29.3 Å². The van der Waals surface area contributed by atoms with Crippen LogP contribution < -0.4 is 11.5 Å². The van der Waals surface area contributed by atoms with Crippen LogP contribution in [0.25, 0.3) is 28.0 Å². The van der Waals surface area contributed by atoms with E-state index in [1.165, 1.54) is 0 Å². The Balaban J connectivity index is 2.02. The predicted molar refractivity (Wildman–Crippen MR) is 108 cm³/mol. The molecule has 3 aromatic heterocycles. The van der Waals surface area contributed by atoms with Crippen LogP contribution in [-0.2, 0) is 11.2 Å². The van der Waals surface area contributed by atoms with Crippen LogP contribution in [0.4, 0.5) is 5.82 Å². The fourth-order valence-corrected chi connectivity index (χ4v) is 3.30. The third kappa shape index (κ3) is 3.49. The van der Waals surface area contributed by atoms with Crippen molar-refractivity contribution >= 4 is 17.4 Å². The minimum Gasteiger partial charge on any atom is -0.384 e. The lowest BCUT2D eigenvalue weighted by atomic mass is 9.99. The first kappa shape index (κ1) is 18.1. The lowest BCUT2D eigenvalue weighted by molar-refractivity contribution is -0.117. The Morgan fingerprint density at radius 2 is 2.00 bits per heavy atom. The SMILES string of the molecule is Cc1cc(-c2c(-c3cccc(C#N)c3)nn3ccc(N)nc23)cc(CC(N)=O)n1. The molecule has 1 aromatic carbocycles. The number of nitrogens with zero attached hydrogens (tertiary/aromatic N) is 5. The molecule has 4 rings (SSSR count). The van der Waals surface area contributed by atoms with Crippen molar-refractivity contribution in [3.63, 3.8) is 0 Å². The number of primary amides is 1. The Bertz CT molecular complexity index is 1300. The van der Waals surface area contributed by atoms with E-state index in [9.17, 15) is 10.1 Å². The van der Waals surface area contributed by atoms with Gasteiger partial charge < -0.3 is 11.5 Å². The number of rotatable bonds is 4. The average molecular weight is 383 g/mol. The smallest absolute Gasteiger partial charge is 0.223 e. The summed E-state index contributed by atoms with van der Waals surface area (Å²) in [5.74, 6) is -0.0997. The maximum Gasteiger partial charge on any atom is 0.223 e. The van der Waals surface area contributed by atoms with Crippen molar-refractivity contribution in [2.24, 2.45) is 5.73 Å². The molecule has 0 spiro atoms. The lowest BCUT2D eigenvalue weighted by Crippen LogP contribution is -2.14. The van der Waals surface area contributed by atoms with Gasteiger partial charge in [-0.2, -0.15) is 10.4 Å². The predicted octanol–water partition coefficient (Wildman–Crippen LogP) is 2.25. The summed E-state index contributed by atoms with van der Waals surface area (Å²) in [6.07, 6.45) is 1.76. The first-order chi connectivity index (χ1) is 13.9. The van der Waals surface area contributed by atoms with E-state index in [1.807, 2.05) is 19.1 Å². The summed E-state index contributed by atoms with van der Waals surface area (Å²) in [5, 5.41) is 13.9.